The number of non-ortho nitro benzene ring substituents is 1. The number of hydrogen-bond donors (Lipinski definition) is 1. The standard InChI is InChI=1S/C23H20N2O5/c1-13(26)20-21(15-8-5-9-17(10-15)25(28)29)22-18(27)11-16(12-19(22)30-23(20)24)14-6-3-2-4-7-14/h2-10,16,21H,11-12,24H2,1H3. The van der Waals surface area contributed by atoms with Gasteiger partial charge in [-0.25, -0.2) is 0 Å². The summed E-state index contributed by atoms with van der Waals surface area (Å²) in [6.45, 7) is 1.35. The second-order valence-corrected chi connectivity index (χ2v) is 7.50. The molecule has 2 N–H and O–H groups in total. The lowest BCUT2D eigenvalue weighted by molar-refractivity contribution is -0.384. The summed E-state index contributed by atoms with van der Waals surface area (Å²) in [7, 11) is 0. The van der Waals surface area contributed by atoms with Gasteiger partial charge in [0.15, 0.2) is 17.4 Å². The summed E-state index contributed by atoms with van der Waals surface area (Å²) >= 11 is 0. The molecule has 1 heterocycles. The number of hydrogen-bond acceptors (Lipinski definition) is 6. The number of rotatable bonds is 4. The van der Waals surface area contributed by atoms with Crippen LogP contribution in [0, 0.1) is 10.1 Å². The third-order valence-corrected chi connectivity index (χ3v) is 5.61. The van der Waals surface area contributed by atoms with E-state index in [0.717, 1.165) is 5.56 Å². The molecule has 1 aliphatic heterocycles. The summed E-state index contributed by atoms with van der Waals surface area (Å²) in [5, 5.41) is 11.3. The molecular weight excluding hydrogens is 384 g/mol. The van der Waals surface area contributed by atoms with Gasteiger partial charge in [0.25, 0.3) is 5.69 Å². The molecule has 7 heteroatoms. The van der Waals surface area contributed by atoms with Gasteiger partial charge in [-0.05, 0) is 24.0 Å². The van der Waals surface area contributed by atoms with E-state index in [2.05, 4.69) is 0 Å². The van der Waals surface area contributed by atoms with Gasteiger partial charge in [-0.15, -0.1) is 0 Å². The summed E-state index contributed by atoms with van der Waals surface area (Å²) in [6, 6.07) is 15.6. The van der Waals surface area contributed by atoms with E-state index in [1.54, 1.807) is 6.07 Å². The number of ether oxygens (including phenoxy) is 1. The van der Waals surface area contributed by atoms with Gasteiger partial charge in [0, 0.05) is 36.5 Å². The number of carbonyl (C=O) groups excluding carboxylic acids is 2. The van der Waals surface area contributed by atoms with Gasteiger partial charge in [-0.3, -0.25) is 19.7 Å². The Morgan fingerprint density at radius 3 is 2.47 bits per heavy atom. The molecule has 0 saturated heterocycles. The maximum atomic E-state index is 13.2. The monoisotopic (exact) mass is 404 g/mol. The van der Waals surface area contributed by atoms with Gasteiger partial charge in [-0.2, -0.15) is 0 Å². The third-order valence-electron chi connectivity index (χ3n) is 5.61. The first-order valence-electron chi connectivity index (χ1n) is 9.60. The lowest BCUT2D eigenvalue weighted by Gasteiger charge is -2.35. The molecule has 0 fully saturated rings. The van der Waals surface area contributed by atoms with Crippen molar-refractivity contribution in [1.29, 1.82) is 0 Å². The lowest BCUT2D eigenvalue weighted by Crippen LogP contribution is -2.32. The number of nitro groups is 1. The van der Waals surface area contributed by atoms with Crippen molar-refractivity contribution < 1.29 is 19.2 Å². The quantitative estimate of drug-likeness (QED) is 0.611. The van der Waals surface area contributed by atoms with E-state index in [1.165, 1.54) is 25.1 Å². The Morgan fingerprint density at radius 1 is 1.10 bits per heavy atom. The molecule has 0 amide bonds. The largest absolute Gasteiger partial charge is 0.445 e. The first-order valence-corrected chi connectivity index (χ1v) is 9.60. The highest BCUT2D eigenvalue weighted by molar-refractivity contribution is 6.05. The van der Waals surface area contributed by atoms with Crippen molar-refractivity contribution in [1.82, 2.24) is 0 Å². The molecule has 4 rings (SSSR count). The molecule has 1 aliphatic carbocycles. The number of Topliss-reactive ketones (excluding diaryl/α,β-unsaturated/α-hetero) is 2. The summed E-state index contributed by atoms with van der Waals surface area (Å²) < 4.78 is 5.78. The number of allylic oxidation sites excluding steroid dienone is 3. The molecule has 7 nitrogen and oxygen atoms in total. The van der Waals surface area contributed by atoms with Crippen molar-refractivity contribution in [2.45, 2.75) is 31.6 Å². The molecule has 2 atom stereocenters. The number of ketones is 2. The first kappa shape index (κ1) is 19.6. The van der Waals surface area contributed by atoms with Crippen molar-refractivity contribution in [2.75, 3.05) is 0 Å². The summed E-state index contributed by atoms with van der Waals surface area (Å²) in [4.78, 5) is 36.4. The molecule has 0 saturated carbocycles. The van der Waals surface area contributed by atoms with Crippen LogP contribution in [-0.4, -0.2) is 16.5 Å². The average molecular weight is 404 g/mol. The summed E-state index contributed by atoms with van der Waals surface area (Å²) in [6.07, 6.45) is 0.727. The normalized spacial score (nSPS) is 21.2. The number of carbonyl (C=O) groups is 2. The maximum absolute atomic E-state index is 13.2. The predicted molar refractivity (Wildman–Crippen MR) is 109 cm³/mol. The van der Waals surface area contributed by atoms with Crippen LogP contribution in [0.4, 0.5) is 5.69 Å². The van der Waals surface area contributed by atoms with E-state index in [4.69, 9.17) is 10.5 Å². The second kappa shape index (κ2) is 7.59. The Kier molecular flexibility index (Phi) is 4.95. The number of nitrogens with zero attached hydrogens (tertiary/aromatic N) is 1. The van der Waals surface area contributed by atoms with Gasteiger partial charge in [0.05, 0.1) is 10.5 Å². The molecule has 2 aliphatic rings. The highest BCUT2D eigenvalue weighted by Crippen LogP contribution is 2.47. The molecule has 0 radical (unpaired) electrons. The van der Waals surface area contributed by atoms with E-state index in [-0.39, 0.29) is 41.0 Å². The average Bonchev–Trinajstić information content (AvgIpc) is 2.73. The van der Waals surface area contributed by atoms with Crippen LogP contribution in [0.1, 0.15) is 42.7 Å². The second-order valence-electron chi connectivity index (χ2n) is 7.50. The van der Waals surface area contributed by atoms with E-state index in [9.17, 15) is 19.7 Å². The lowest BCUT2D eigenvalue weighted by atomic mass is 9.73. The highest BCUT2D eigenvalue weighted by atomic mass is 16.6. The Labute approximate surface area is 173 Å². The molecule has 152 valence electrons. The molecule has 0 bridgehead atoms. The van der Waals surface area contributed by atoms with Gasteiger partial charge in [-0.1, -0.05) is 42.5 Å². The molecule has 2 aromatic carbocycles. The Balaban J connectivity index is 1.83. The minimum absolute atomic E-state index is 0.0562. The van der Waals surface area contributed by atoms with Crippen LogP contribution in [0.25, 0.3) is 0 Å². The first-order chi connectivity index (χ1) is 14.4. The van der Waals surface area contributed by atoms with E-state index in [1.807, 2.05) is 30.3 Å². The molecule has 2 aromatic rings. The molecule has 0 aromatic heterocycles. The van der Waals surface area contributed by atoms with Gasteiger partial charge < -0.3 is 10.5 Å². The maximum Gasteiger partial charge on any atom is 0.269 e. The minimum atomic E-state index is -0.782. The summed E-state index contributed by atoms with van der Waals surface area (Å²) in [5.41, 5.74) is 7.99. The molecular formula is C23H20N2O5. The van der Waals surface area contributed by atoms with Crippen LogP contribution in [0.2, 0.25) is 0 Å². The van der Waals surface area contributed by atoms with Gasteiger partial charge in [0.1, 0.15) is 5.76 Å². The SMILES string of the molecule is CC(=O)C1=C(N)OC2=C(C(=O)CC(c3ccccc3)C2)C1c1cccc([N+](=O)[O-])c1. The zero-order valence-corrected chi connectivity index (χ0v) is 16.3. The van der Waals surface area contributed by atoms with Crippen molar-refractivity contribution >= 4 is 17.3 Å². The predicted octanol–water partition coefficient (Wildman–Crippen LogP) is 3.87. The molecule has 0 spiro atoms. The zero-order valence-electron chi connectivity index (χ0n) is 16.3. The fourth-order valence-electron chi connectivity index (χ4n) is 4.28. The molecule has 30 heavy (non-hydrogen) atoms. The van der Waals surface area contributed by atoms with E-state index >= 15 is 0 Å². The third kappa shape index (κ3) is 3.39. The van der Waals surface area contributed by atoms with Gasteiger partial charge in [0.2, 0.25) is 0 Å². The Bertz CT molecular complexity index is 1120. The van der Waals surface area contributed by atoms with Crippen LogP contribution in [-0.2, 0) is 14.3 Å². The number of nitrogens with two attached hydrogens (primary N) is 1. The van der Waals surface area contributed by atoms with Crippen LogP contribution < -0.4 is 5.73 Å². The summed E-state index contributed by atoms with van der Waals surface area (Å²) in [5.74, 6) is -0.954. The minimum Gasteiger partial charge on any atom is -0.445 e. The fourth-order valence-corrected chi connectivity index (χ4v) is 4.28. The van der Waals surface area contributed by atoms with Crippen LogP contribution in [0.5, 0.6) is 0 Å². The number of nitro benzene ring substituents is 1. The van der Waals surface area contributed by atoms with Crippen LogP contribution >= 0.6 is 0 Å². The Morgan fingerprint density at radius 2 is 1.80 bits per heavy atom. The van der Waals surface area contributed by atoms with Crippen LogP contribution in [0.15, 0.2) is 77.4 Å². The van der Waals surface area contributed by atoms with Crippen molar-refractivity contribution in [3.05, 3.63) is 98.6 Å². The van der Waals surface area contributed by atoms with Gasteiger partial charge >= 0.3 is 0 Å². The fraction of sp³-hybridized carbons (Fsp3) is 0.217. The van der Waals surface area contributed by atoms with Crippen LogP contribution in [0.3, 0.4) is 0 Å². The topological polar surface area (TPSA) is 113 Å². The number of benzene rings is 2. The van der Waals surface area contributed by atoms with Crippen molar-refractivity contribution in [3.8, 4) is 0 Å². The zero-order chi connectivity index (χ0) is 21.4. The molecule has 2 unspecified atom stereocenters. The van der Waals surface area contributed by atoms with Crippen molar-refractivity contribution in [3.63, 3.8) is 0 Å². The van der Waals surface area contributed by atoms with Crippen molar-refractivity contribution in [2.24, 2.45) is 5.73 Å². The van der Waals surface area contributed by atoms with E-state index in [0.29, 0.717) is 23.3 Å². The highest BCUT2D eigenvalue weighted by Gasteiger charge is 2.42. The smallest absolute Gasteiger partial charge is 0.269 e. The Hall–Kier alpha value is -3.74. The van der Waals surface area contributed by atoms with E-state index < -0.39 is 10.8 Å².